The molecule has 0 atom stereocenters. The molecule has 1 fully saturated rings. The fourth-order valence-corrected chi connectivity index (χ4v) is 1.86. The third-order valence-corrected chi connectivity index (χ3v) is 3.05. The standard InChI is InChI=1S/C12H14ClNO2/c13-10-3-1-2-9(6-10)7-11(16)14-12(8-15)4-5-12/h1-3,6,15H,4-5,7-8H2,(H,14,16). The molecule has 0 heterocycles. The Morgan fingerprint density at radius 1 is 1.50 bits per heavy atom. The second-order valence-electron chi connectivity index (χ2n) is 4.29. The molecule has 0 bridgehead atoms. The molecule has 1 saturated carbocycles. The minimum Gasteiger partial charge on any atom is -0.394 e. The van der Waals surface area contributed by atoms with Gasteiger partial charge in [-0.1, -0.05) is 23.7 Å². The van der Waals surface area contributed by atoms with Crippen molar-refractivity contribution in [3.63, 3.8) is 0 Å². The Morgan fingerprint density at radius 3 is 2.81 bits per heavy atom. The van der Waals surface area contributed by atoms with Gasteiger partial charge in [0, 0.05) is 5.02 Å². The highest BCUT2D eigenvalue weighted by atomic mass is 35.5. The highest BCUT2D eigenvalue weighted by Crippen LogP contribution is 2.34. The van der Waals surface area contributed by atoms with Crippen molar-refractivity contribution in [1.82, 2.24) is 5.32 Å². The molecule has 1 aliphatic carbocycles. The molecule has 3 nitrogen and oxygen atoms in total. The second-order valence-corrected chi connectivity index (χ2v) is 4.73. The third kappa shape index (κ3) is 2.74. The highest BCUT2D eigenvalue weighted by molar-refractivity contribution is 6.30. The van der Waals surface area contributed by atoms with Crippen molar-refractivity contribution in [2.75, 3.05) is 6.61 Å². The molecule has 2 rings (SSSR count). The molecule has 0 unspecified atom stereocenters. The van der Waals surface area contributed by atoms with Gasteiger partial charge in [-0.2, -0.15) is 0 Å². The van der Waals surface area contributed by atoms with E-state index in [2.05, 4.69) is 5.32 Å². The van der Waals surface area contributed by atoms with Crippen LogP contribution < -0.4 is 5.32 Å². The van der Waals surface area contributed by atoms with Crippen molar-refractivity contribution in [2.45, 2.75) is 24.8 Å². The van der Waals surface area contributed by atoms with Crippen LogP contribution in [0.1, 0.15) is 18.4 Å². The number of amides is 1. The van der Waals surface area contributed by atoms with E-state index >= 15 is 0 Å². The number of aliphatic hydroxyl groups excluding tert-OH is 1. The Hall–Kier alpha value is -1.06. The summed E-state index contributed by atoms with van der Waals surface area (Å²) >= 11 is 5.83. The summed E-state index contributed by atoms with van der Waals surface area (Å²) in [6.45, 7) is 0.0221. The van der Waals surface area contributed by atoms with E-state index in [9.17, 15) is 4.79 Å². The van der Waals surface area contributed by atoms with Gasteiger partial charge in [0.25, 0.3) is 0 Å². The van der Waals surface area contributed by atoms with E-state index in [1.807, 2.05) is 12.1 Å². The number of hydrogen-bond donors (Lipinski definition) is 2. The Morgan fingerprint density at radius 2 is 2.25 bits per heavy atom. The first-order valence-electron chi connectivity index (χ1n) is 5.30. The molecule has 0 saturated heterocycles. The summed E-state index contributed by atoms with van der Waals surface area (Å²) in [6, 6.07) is 7.24. The van der Waals surface area contributed by atoms with Crippen molar-refractivity contribution in [2.24, 2.45) is 0 Å². The van der Waals surface area contributed by atoms with Crippen LogP contribution in [-0.2, 0) is 11.2 Å². The summed E-state index contributed by atoms with van der Waals surface area (Å²) in [5, 5.41) is 12.6. The minimum atomic E-state index is -0.338. The molecule has 2 N–H and O–H groups in total. The van der Waals surface area contributed by atoms with E-state index in [1.54, 1.807) is 12.1 Å². The number of aliphatic hydroxyl groups is 1. The first kappa shape index (κ1) is 11.4. The van der Waals surface area contributed by atoms with Crippen LogP contribution in [-0.4, -0.2) is 23.2 Å². The Kier molecular flexibility index (Phi) is 3.17. The average molecular weight is 240 g/mol. The van der Waals surface area contributed by atoms with E-state index in [4.69, 9.17) is 16.7 Å². The minimum absolute atomic E-state index is 0.0221. The normalized spacial score (nSPS) is 16.9. The molecule has 86 valence electrons. The van der Waals surface area contributed by atoms with E-state index in [-0.39, 0.29) is 18.1 Å². The smallest absolute Gasteiger partial charge is 0.224 e. The molecule has 16 heavy (non-hydrogen) atoms. The van der Waals surface area contributed by atoms with Crippen LogP contribution in [0.4, 0.5) is 0 Å². The van der Waals surface area contributed by atoms with Crippen LogP contribution in [0.5, 0.6) is 0 Å². The van der Waals surface area contributed by atoms with Crippen molar-refractivity contribution in [3.05, 3.63) is 34.9 Å². The molecule has 1 aromatic rings. The fourth-order valence-electron chi connectivity index (χ4n) is 1.65. The number of carbonyl (C=O) groups excluding carboxylic acids is 1. The maximum Gasteiger partial charge on any atom is 0.224 e. The van der Waals surface area contributed by atoms with Crippen LogP contribution in [0.25, 0.3) is 0 Å². The van der Waals surface area contributed by atoms with Crippen LogP contribution in [0.15, 0.2) is 24.3 Å². The lowest BCUT2D eigenvalue weighted by Gasteiger charge is -2.14. The molecule has 1 amide bonds. The summed E-state index contributed by atoms with van der Waals surface area (Å²) in [5.74, 6) is -0.0613. The van der Waals surface area contributed by atoms with Crippen LogP contribution in [0, 0.1) is 0 Å². The lowest BCUT2D eigenvalue weighted by Crippen LogP contribution is -2.40. The van der Waals surface area contributed by atoms with Crippen LogP contribution in [0.3, 0.4) is 0 Å². The predicted molar refractivity (Wildman–Crippen MR) is 62.3 cm³/mol. The Balaban J connectivity index is 1.92. The largest absolute Gasteiger partial charge is 0.394 e. The van der Waals surface area contributed by atoms with Crippen molar-refractivity contribution in [3.8, 4) is 0 Å². The Labute approximate surface area is 99.4 Å². The molecule has 0 aromatic heterocycles. The molecule has 0 aliphatic heterocycles. The molecule has 1 aliphatic rings. The van der Waals surface area contributed by atoms with Gasteiger partial charge in [0.2, 0.25) is 5.91 Å². The summed E-state index contributed by atoms with van der Waals surface area (Å²) in [4.78, 5) is 11.7. The van der Waals surface area contributed by atoms with Crippen LogP contribution >= 0.6 is 11.6 Å². The van der Waals surface area contributed by atoms with Crippen molar-refractivity contribution in [1.29, 1.82) is 0 Å². The highest BCUT2D eigenvalue weighted by Gasteiger charge is 2.43. The number of rotatable bonds is 4. The van der Waals surface area contributed by atoms with Gasteiger partial charge in [-0.25, -0.2) is 0 Å². The molecule has 0 spiro atoms. The van der Waals surface area contributed by atoms with Crippen molar-refractivity contribution < 1.29 is 9.90 Å². The van der Waals surface area contributed by atoms with Gasteiger partial charge >= 0.3 is 0 Å². The number of nitrogens with one attached hydrogen (secondary N) is 1. The van der Waals surface area contributed by atoms with E-state index < -0.39 is 0 Å². The summed E-state index contributed by atoms with van der Waals surface area (Å²) < 4.78 is 0. The molecular formula is C12H14ClNO2. The maximum absolute atomic E-state index is 11.7. The van der Waals surface area contributed by atoms with E-state index in [1.165, 1.54) is 0 Å². The summed E-state index contributed by atoms with van der Waals surface area (Å²) in [6.07, 6.45) is 2.04. The molecule has 0 radical (unpaired) electrons. The topological polar surface area (TPSA) is 49.3 Å². The quantitative estimate of drug-likeness (QED) is 0.837. The van der Waals surface area contributed by atoms with E-state index in [0.29, 0.717) is 11.4 Å². The van der Waals surface area contributed by atoms with Gasteiger partial charge in [-0.15, -0.1) is 0 Å². The first-order valence-corrected chi connectivity index (χ1v) is 5.68. The first-order chi connectivity index (χ1) is 7.63. The van der Waals surface area contributed by atoms with Crippen molar-refractivity contribution >= 4 is 17.5 Å². The fraction of sp³-hybridized carbons (Fsp3) is 0.417. The average Bonchev–Trinajstić information content (AvgIpc) is 2.98. The zero-order chi connectivity index (χ0) is 11.6. The molecule has 4 heteroatoms. The maximum atomic E-state index is 11.7. The summed E-state index contributed by atoms with van der Waals surface area (Å²) in [5.41, 5.74) is 0.550. The molecular weight excluding hydrogens is 226 g/mol. The number of benzene rings is 1. The van der Waals surface area contributed by atoms with Gasteiger partial charge in [-0.3, -0.25) is 4.79 Å². The van der Waals surface area contributed by atoms with Gasteiger partial charge < -0.3 is 10.4 Å². The lowest BCUT2D eigenvalue weighted by molar-refractivity contribution is -0.121. The van der Waals surface area contributed by atoms with Crippen LogP contribution in [0.2, 0.25) is 5.02 Å². The third-order valence-electron chi connectivity index (χ3n) is 2.81. The number of carbonyl (C=O) groups is 1. The Bertz CT molecular complexity index is 402. The lowest BCUT2D eigenvalue weighted by atomic mass is 10.1. The van der Waals surface area contributed by atoms with Gasteiger partial charge in [0.1, 0.15) is 0 Å². The SMILES string of the molecule is O=C(Cc1cccc(Cl)c1)NC1(CO)CC1. The molecule has 1 aromatic carbocycles. The van der Waals surface area contributed by atoms with Gasteiger partial charge in [-0.05, 0) is 30.5 Å². The van der Waals surface area contributed by atoms with Gasteiger partial charge in [0.05, 0.1) is 18.6 Å². The zero-order valence-electron chi connectivity index (χ0n) is 8.87. The zero-order valence-corrected chi connectivity index (χ0v) is 9.63. The van der Waals surface area contributed by atoms with E-state index in [0.717, 1.165) is 18.4 Å². The monoisotopic (exact) mass is 239 g/mol. The number of halogens is 1. The predicted octanol–water partition coefficient (Wildman–Crippen LogP) is 1.52. The number of hydrogen-bond acceptors (Lipinski definition) is 2. The summed E-state index contributed by atoms with van der Waals surface area (Å²) in [7, 11) is 0. The second kappa shape index (κ2) is 4.44. The van der Waals surface area contributed by atoms with Gasteiger partial charge in [0.15, 0.2) is 0 Å².